The number of nitrogens with one attached hydrogen (secondary N) is 2. The number of benzene rings is 3. The zero-order valence-electron chi connectivity index (χ0n) is 21.1. The van der Waals surface area contributed by atoms with Crippen molar-refractivity contribution in [2.45, 2.75) is 24.5 Å². The smallest absolute Gasteiger partial charge is 0.266 e. The third-order valence-corrected chi connectivity index (χ3v) is 6.23. The summed E-state index contributed by atoms with van der Waals surface area (Å²) in [4.78, 5) is 18.3. The molecule has 3 N–H and O–H groups in total. The van der Waals surface area contributed by atoms with Crippen molar-refractivity contribution in [2.75, 3.05) is 26.4 Å². The number of ether oxygens (including phenoxy) is 2. The van der Waals surface area contributed by atoms with Gasteiger partial charge in [0.1, 0.15) is 12.4 Å². The first-order valence-corrected chi connectivity index (χ1v) is 12.6. The normalized spacial score (nSPS) is 18.4. The van der Waals surface area contributed by atoms with E-state index in [1.807, 2.05) is 66.7 Å². The van der Waals surface area contributed by atoms with Crippen molar-refractivity contribution in [1.29, 1.82) is 0 Å². The highest BCUT2D eigenvalue weighted by molar-refractivity contribution is 6.01. The van der Waals surface area contributed by atoms with Crippen molar-refractivity contribution in [2.24, 2.45) is 4.99 Å². The lowest BCUT2D eigenvalue weighted by molar-refractivity contribution is -0.129. The first-order valence-electron chi connectivity index (χ1n) is 12.6. The zero-order chi connectivity index (χ0) is 26.8. The maximum atomic E-state index is 13.5. The van der Waals surface area contributed by atoms with Crippen LogP contribution in [0.5, 0.6) is 5.75 Å². The molecule has 38 heavy (non-hydrogen) atoms. The van der Waals surface area contributed by atoms with Gasteiger partial charge < -0.3 is 14.6 Å². The van der Waals surface area contributed by atoms with Gasteiger partial charge in [-0.3, -0.25) is 10.2 Å². The topological polar surface area (TPSA) is 92.2 Å². The average Bonchev–Trinajstić information content (AvgIpc) is 3.35. The van der Waals surface area contributed by atoms with E-state index in [1.165, 1.54) is 0 Å². The molecule has 7 nitrogen and oxygen atoms in total. The van der Waals surface area contributed by atoms with Crippen LogP contribution in [0.3, 0.4) is 0 Å². The number of carbonyl (C=O) groups excluding carboxylic acids is 1. The van der Waals surface area contributed by atoms with E-state index in [0.29, 0.717) is 30.2 Å². The number of aliphatic imine (C=N–C) groups is 1. The van der Waals surface area contributed by atoms with Gasteiger partial charge in [0, 0.05) is 31.6 Å². The number of carbonyl (C=O) groups is 1. The predicted molar refractivity (Wildman–Crippen MR) is 146 cm³/mol. The molecule has 0 spiro atoms. The molecule has 0 unspecified atom stereocenters. The molecule has 198 valence electrons. The fourth-order valence-electron chi connectivity index (χ4n) is 4.31. The summed E-state index contributed by atoms with van der Waals surface area (Å²) < 4.78 is 24.7. The molecule has 2 atom stereocenters. The Kier molecular flexibility index (Phi) is 9.24. The van der Waals surface area contributed by atoms with E-state index in [4.69, 9.17) is 19.6 Å². The summed E-state index contributed by atoms with van der Waals surface area (Å²) in [5.41, 5.74) is 7.42. The second kappa shape index (κ2) is 13.0. The van der Waals surface area contributed by atoms with Crippen LogP contribution in [-0.4, -0.2) is 48.9 Å². The Bertz CT molecular complexity index is 1230. The maximum absolute atomic E-state index is 13.5. The molecule has 0 radical (unpaired) electrons. The molecular weight excluding hydrogens is 485 g/mol. The highest BCUT2D eigenvalue weighted by Crippen LogP contribution is 2.43. The van der Waals surface area contributed by atoms with Crippen LogP contribution in [0.2, 0.25) is 0 Å². The van der Waals surface area contributed by atoms with Crippen molar-refractivity contribution in [1.82, 2.24) is 10.9 Å². The molecule has 1 aliphatic heterocycles. The Hall–Kier alpha value is -4.01. The van der Waals surface area contributed by atoms with Crippen molar-refractivity contribution < 1.29 is 23.8 Å². The van der Waals surface area contributed by atoms with Crippen LogP contribution in [-0.2, 0) is 9.53 Å². The third kappa shape index (κ3) is 6.10. The Balaban J connectivity index is 1.66. The van der Waals surface area contributed by atoms with Gasteiger partial charge in [-0.05, 0) is 41.0 Å². The molecule has 0 fully saturated rings. The van der Waals surface area contributed by atoms with Gasteiger partial charge in [-0.1, -0.05) is 60.7 Å². The van der Waals surface area contributed by atoms with Gasteiger partial charge in [0.15, 0.2) is 11.6 Å². The van der Waals surface area contributed by atoms with E-state index in [-0.39, 0.29) is 19.6 Å². The van der Waals surface area contributed by atoms with Gasteiger partial charge >= 0.3 is 0 Å². The molecule has 0 aliphatic carbocycles. The Morgan fingerprint density at radius 3 is 2.39 bits per heavy atom. The van der Waals surface area contributed by atoms with E-state index in [9.17, 15) is 9.18 Å². The van der Waals surface area contributed by atoms with E-state index in [0.717, 1.165) is 16.7 Å². The average molecular weight is 518 g/mol. The Labute approximate surface area is 222 Å². The molecule has 4 rings (SSSR count). The van der Waals surface area contributed by atoms with Gasteiger partial charge in [0.05, 0.1) is 6.61 Å². The number of hydrogen-bond donors (Lipinski definition) is 3. The number of nitrogens with zero attached hydrogens (tertiary/aromatic N) is 1. The van der Waals surface area contributed by atoms with Crippen LogP contribution in [0.25, 0.3) is 11.1 Å². The summed E-state index contributed by atoms with van der Waals surface area (Å²) in [5.74, 6) is 0.521. The molecule has 1 aliphatic rings. The molecule has 3 aromatic rings. The molecular formula is C30H32FN3O4. The molecule has 3 aromatic carbocycles. The number of halogens is 1. The lowest BCUT2D eigenvalue weighted by Gasteiger charge is -2.29. The predicted octanol–water partition coefficient (Wildman–Crippen LogP) is 4.54. The molecule has 1 amide bonds. The summed E-state index contributed by atoms with van der Waals surface area (Å²) in [5, 5.41) is 8.95. The standard InChI is InChI=1S/C30H32FN3O4/c1-2-17-30(29(36)34-32-19-18-31)27(24-11-9-23(10-12-24)22-7-4-3-5-8-22)38-28(33-30)25-13-15-26(16-14-25)37-21-6-20-35/h2-5,7-16,27,32,35H,1,6,17-21H2,(H,34,36)/t27-,30-/m0/s1. The maximum Gasteiger partial charge on any atom is 0.266 e. The summed E-state index contributed by atoms with van der Waals surface area (Å²) in [6.45, 7) is 3.67. The molecule has 8 heteroatoms. The van der Waals surface area contributed by atoms with E-state index < -0.39 is 24.2 Å². The first-order chi connectivity index (χ1) is 18.6. The minimum atomic E-state index is -1.36. The summed E-state index contributed by atoms with van der Waals surface area (Å²) in [7, 11) is 0. The van der Waals surface area contributed by atoms with Crippen LogP contribution in [0.1, 0.15) is 30.1 Å². The molecule has 1 heterocycles. The fraction of sp³-hybridized carbons (Fsp3) is 0.267. The van der Waals surface area contributed by atoms with Gasteiger partial charge in [-0.25, -0.2) is 14.8 Å². The van der Waals surface area contributed by atoms with Crippen molar-refractivity contribution in [3.05, 3.63) is 103 Å². The summed E-state index contributed by atoms with van der Waals surface area (Å²) in [6.07, 6.45) is 1.63. The molecule has 0 saturated carbocycles. The number of rotatable bonds is 13. The number of aliphatic hydroxyl groups is 1. The largest absolute Gasteiger partial charge is 0.494 e. The fourth-order valence-corrected chi connectivity index (χ4v) is 4.31. The highest BCUT2D eigenvalue weighted by atomic mass is 19.1. The number of alkyl halides is 1. The quantitative estimate of drug-likeness (QED) is 0.176. The van der Waals surface area contributed by atoms with Crippen LogP contribution >= 0.6 is 0 Å². The van der Waals surface area contributed by atoms with Crippen molar-refractivity contribution in [3.63, 3.8) is 0 Å². The number of aliphatic hydroxyl groups excluding tert-OH is 1. The van der Waals surface area contributed by atoms with Gasteiger partial charge in [-0.2, -0.15) is 0 Å². The zero-order valence-corrected chi connectivity index (χ0v) is 21.1. The number of hydrogen-bond acceptors (Lipinski definition) is 6. The Morgan fingerprint density at radius 2 is 1.74 bits per heavy atom. The third-order valence-electron chi connectivity index (χ3n) is 6.23. The van der Waals surface area contributed by atoms with E-state index in [1.54, 1.807) is 18.2 Å². The second-order valence-electron chi connectivity index (χ2n) is 8.84. The van der Waals surface area contributed by atoms with Crippen LogP contribution in [0, 0.1) is 0 Å². The van der Waals surface area contributed by atoms with Crippen LogP contribution in [0.4, 0.5) is 4.39 Å². The second-order valence-corrected chi connectivity index (χ2v) is 8.84. The van der Waals surface area contributed by atoms with E-state index >= 15 is 0 Å². The number of hydrazine groups is 1. The van der Waals surface area contributed by atoms with Gasteiger partial charge in [0.25, 0.3) is 5.91 Å². The minimum Gasteiger partial charge on any atom is -0.494 e. The highest BCUT2D eigenvalue weighted by Gasteiger charge is 2.52. The first kappa shape index (κ1) is 27.0. The van der Waals surface area contributed by atoms with Gasteiger partial charge in [0.2, 0.25) is 5.90 Å². The van der Waals surface area contributed by atoms with Crippen molar-refractivity contribution in [3.8, 4) is 16.9 Å². The number of amides is 1. The SMILES string of the molecule is C=CC[C@]1(C(=O)NNCCF)N=C(c2ccc(OCCCO)cc2)O[C@H]1c1ccc(-c2ccccc2)cc1. The van der Waals surface area contributed by atoms with E-state index in [2.05, 4.69) is 17.4 Å². The summed E-state index contributed by atoms with van der Waals surface area (Å²) >= 11 is 0. The lowest BCUT2D eigenvalue weighted by Crippen LogP contribution is -2.52. The van der Waals surface area contributed by atoms with Crippen LogP contribution < -0.4 is 15.6 Å². The molecule has 0 saturated heterocycles. The summed E-state index contributed by atoms with van der Waals surface area (Å²) in [6, 6.07) is 25.0. The lowest BCUT2D eigenvalue weighted by atomic mass is 9.84. The van der Waals surface area contributed by atoms with Gasteiger partial charge in [-0.15, -0.1) is 6.58 Å². The Morgan fingerprint density at radius 1 is 1.05 bits per heavy atom. The monoisotopic (exact) mass is 517 g/mol. The minimum absolute atomic E-state index is 0.0263. The van der Waals surface area contributed by atoms with Crippen LogP contribution in [0.15, 0.2) is 96.5 Å². The molecule has 0 aromatic heterocycles. The van der Waals surface area contributed by atoms with Crippen molar-refractivity contribution >= 4 is 11.8 Å². The molecule has 0 bridgehead atoms.